The molecule has 0 radical (unpaired) electrons. The maximum Gasteiger partial charge on any atom is 0.337 e. The number of aromatic carboxylic acids is 1. The van der Waals surface area contributed by atoms with Crippen LogP contribution in [-0.2, 0) is 17.8 Å². The minimum atomic E-state index is -1.01. The van der Waals surface area contributed by atoms with Gasteiger partial charge in [-0.15, -0.1) is 6.58 Å². The molecule has 1 aromatic carbocycles. The van der Waals surface area contributed by atoms with Gasteiger partial charge in [-0.2, -0.15) is 0 Å². The summed E-state index contributed by atoms with van der Waals surface area (Å²) in [4.78, 5) is 36.9. The van der Waals surface area contributed by atoms with E-state index in [4.69, 9.17) is 9.90 Å². The topological polar surface area (TPSA) is 143 Å². The van der Waals surface area contributed by atoms with Crippen LogP contribution in [0.2, 0.25) is 0 Å². The largest absolute Gasteiger partial charge is 0.478 e. The van der Waals surface area contributed by atoms with Crippen molar-refractivity contribution in [3.05, 3.63) is 77.6 Å². The van der Waals surface area contributed by atoms with Crippen LogP contribution in [0.15, 0.2) is 55.3 Å². The number of carbonyl (C=O) groups is 3. The molecule has 1 aromatic heterocycles. The molecule has 0 bridgehead atoms. The fraction of sp³-hybridized carbons (Fsp3) is 0.660. The minimum absolute atomic E-state index is 0.0172. The number of carboxylic acids is 1. The molecule has 55 heavy (non-hydrogen) atoms. The first-order valence-electron chi connectivity index (χ1n) is 21.2. The van der Waals surface area contributed by atoms with E-state index in [1.54, 1.807) is 12.1 Å². The van der Waals surface area contributed by atoms with Gasteiger partial charge in [0.15, 0.2) is 0 Å². The van der Waals surface area contributed by atoms with Crippen LogP contribution in [0.4, 0.5) is 0 Å². The molecule has 2 amide bonds. The van der Waals surface area contributed by atoms with Crippen LogP contribution >= 0.6 is 0 Å². The number of primary amides is 1. The average molecular weight is 758 g/mol. The quantitative estimate of drug-likeness (QED) is 0.164. The van der Waals surface area contributed by atoms with E-state index in [2.05, 4.69) is 62.4 Å². The van der Waals surface area contributed by atoms with Crippen molar-refractivity contribution in [1.82, 2.24) is 10.3 Å². The Morgan fingerprint density at radius 3 is 2.25 bits per heavy atom. The van der Waals surface area contributed by atoms with Crippen LogP contribution in [-0.4, -0.2) is 39.6 Å². The Morgan fingerprint density at radius 2 is 1.60 bits per heavy atom. The van der Waals surface area contributed by atoms with Crippen molar-refractivity contribution in [3.63, 3.8) is 0 Å². The highest BCUT2D eigenvalue weighted by atomic mass is 16.4. The lowest BCUT2D eigenvalue weighted by Gasteiger charge is -2.69. The van der Waals surface area contributed by atoms with Crippen LogP contribution in [0.3, 0.4) is 0 Å². The number of rotatable bonds is 7. The SMILES string of the molecule is C=CC.CC.CC1(C)C(O)CCC2(C)C1CCC1(C)C3CCC4(CCc5cccc(C(=O)NCc6ccc(C(=O)O)cn6)c5)CCCC4C3CCC12.NC=O. The molecule has 9 unspecified atom stereocenters. The van der Waals surface area contributed by atoms with Gasteiger partial charge < -0.3 is 21.3 Å². The van der Waals surface area contributed by atoms with Gasteiger partial charge in [0, 0.05) is 11.8 Å². The first kappa shape index (κ1) is 44.2. The third-order valence-electron chi connectivity index (χ3n) is 15.3. The molecular weight excluding hydrogens is 687 g/mol. The summed E-state index contributed by atoms with van der Waals surface area (Å²) in [5.41, 5.74) is 8.08. The standard InChI is InChI=1S/C41H56N2O4.C3H6.C2H6.CH3NO/c1-38(2)33-16-19-39(3)31-15-22-41(18-6-9-32(41)30(31)12-13-34(39)40(33,4)20-17-35(38)44)21-14-26-7-5-8-27(23-26)36(45)43-25-29-11-10-28(24-42-29)37(46)47;1-3-2;1-2;2-1-3/h5,7-8,10-11,23-24,30-35,44H,6,9,12-22,25H2,1-4H3,(H,43,45)(H,46,47);3H,1H2,2H3;1-2H3;1H,(H2,2,3). The molecule has 5 aliphatic rings. The number of aromatic nitrogens is 1. The second-order valence-corrected chi connectivity index (χ2v) is 18.0. The van der Waals surface area contributed by atoms with Crippen molar-refractivity contribution in [2.75, 3.05) is 0 Å². The van der Waals surface area contributed by atoms with Gasteiger partial charge in [-0.1, -0.05) is 66.2 Å². The summed E-state index contributed by atoms with van der Waals surface area (Å²) >= 11 is 0. The van der Waals surface area contributed by atoms with E-state index in [-0.39, 0.29) is 35.9 Å². The van der Waals surface area contributed by atoms with Gasteiger partial charge in [0.25, 0.3) is 5.91 Å². The van der Waals surface area contributed by atoms with E-state index in [1.807, 2.05) is 32.9 Å². The highest BCUT2D eigenvalue weighted by Gasteiger charge is 2.66. The molecule has 304 valence electrons. The number of nitrogens with two attached hydrogens (primary N) is 1. The number of hydrogen-bond donors (Lipinski definition) is 4. The first-order valence-corrected chi connectivity index (χ1v) is 21.2. The first-order chi connectivity index (χ1) is 26.2. The van der Waals surface area contributed by atoms with Crippen molar-refractivity contribution in [3.8, 4) is 0 Å². The average Bonchev–Trinajstić information content (AvgIpc) is 3.61. The van der Waals surface area contributed by atoms with Crippen LogP contribution in [0.1, 0.15) is 157 Å². The molecule has 0 saturated heterocycles. The van der Waals surface area contributed by atoms with E-state index in [0.717, 1.165) is 36.5 Å². The van der Waals surface area contributed by atoms with Gasteiger partial charge >= 0.3 is 5.97 Å². The molecule has 8 heteroatoms. The molecule has 8 nitrogen and oxygen atoms in total. The number of pyridine rings is 1. The Balaban J connectivity index is 0.000000780. The number of fused-ring (bicyclic) bond motifs is 7. The fourth-order valence-corrected chi connectivity index (χ4v) is 13.0. The second-order valence-electron chi connectivity index (χ2n) is 18.0. The van der Waals surface area contributed by atoms with Crippen LogP contribution in [0.5, 0.6) is 0 Å². The highest BCUT2D eigenvalue weighted by Crippen LogP contribution is 2.73. The van der Waals surface area contributed by atoms with Gasteiger partial charge in [0.1, 0.15) is 0 Å². The predicted molar refractivity (Wildman–Crippen MR) is 221 cm³/mol. The summed E-state index contributed by atoms with van der Waals surface area (Å²) < 4.78 is 0. The van der Waals surface area contributed by atoms with Gasteiger partial charge in [0.05, 0.1) is 23.9 Å². The molecule has 9 atom stereocenters. The van der Waals surface area contributed by atoms with Crippen molar-refractivity contribution >= 4 is 18.3 Å². The number of aliphatic hydroxyl groups is 1. The van der Waals surface area contributed by atoms with Crippen molar-refractivity contribution in [2.45, 2.75) is 145 Å². The molecule has 2 aromatic rings. The van der Waals surface area contributed by atoms with Crippen LogP contribution in [0.25, 0.3) is 0 Å². The number of allylic oxidation sites excluding steroid dienone is 1. The third kappa shape index (κ3) is 8.90. The summed E-state index contributed by atoms with van der Waals surface area (Å²) in [6.07, 6.45) is 19.8. The number of aliphatic hydroxyl groups excluding tert-OH is 1. The maximum absolute atomic E-state index is 13.1. The Kier molecular flexibility index (Phi) is 15.0. The molecular formula is C47H71N3O5. The van der Waals surface area contributed by atoms with E-state index >= 15 is 0 Å². The fourth-order valence-electron chi connectivity index (χ4n) is 13.0. The Labute approximate surface area is 331 Å². The summed E-state index contributed by atoms with van der Waals surface area (Å²) in [6.45, 7) is 19.5. The second kappa shape index (κ2) is 18.6. The summed E-state index contributed by atoms with van der Waals surface area (Å²) in [6, 6.07) is 11.3. The lowest BCUT2D eigenvalue weighted by molar-refractivity contribution is -0.214. The minimum Gasteiger partial charge on any atom is -0.478 e. The van der Waals surface area contributed by atoms with Gasteiger partial charge in [-0.25, -0.2) is 4.79 Å². The Morgan fingerprint density at radius 1 is 0.909 bits per heavy atom. The number of nitrogens with zero attached hydrogens (tertiary/aromatic N) is 1. The maximum atomic E-state index is 13.1. The smallest absolute Gasteiger partial charge is 0.337 e. The van der Waals surface area contributed by atoms with Crippen molar-refractivity contribution in [2.24, 2.45) is 57.0 Å². The number of hydrogen-bond acceptors (Lipinski definition) is 5. The zero-order valence-corrected chi connectivity index (χ0v) is 34.9. The van der Waals surface area contributed by atoms with E-state index in [1.165, 1.54) is 88.5 Å². The summed E-state index contributed by atoms with van der Waals surface area (Å²) in [5.74, 6) is 2.80. The number of carbonyl (C=O) groups excluding carboxylic acids is 2. The number of carboxylic acid groups (broad SMARTS) is 1. The Bertz CT molecular complexity index is 1600. The van der Waals surface area contributed by atoms with Crippen LogP contribution < -0.4 is 11.1 Å². The lowest BCUT2D eigenvalue weighted by Crippen LogP contribution is -2.63. The summed E-state index contributed by atoms with van der Waals surface area (Å²) in [7, 11) is 0. The molecule has 5 fully saturated rings. The lowest BCUT2D eigenvalue weighted by atomic mass is 9.36. The number of aryl methyl sites for hydroxylation is 1. The predicted octanol–water partition coefficient (Wildman–Crippen LogP) is 9.79. The zero-order chi connectivity index (χ0) is 40.6. The zero-order valence-electron chi connectivity index (χ0n) is 34.9. The Hall–Kier alpha value is -3.52. The highest BCUT2D eigenvalue weighted by molar-refractivity contribution is 5.94. The van der Waals surface area contributed by atoms with E-state index in [0.29, 0.717) is 33.4 Å². The van der Waals surface area contributed by atoms with Crippen LogP contribution in [0, 0.1) is 51.2 Å². The molecule has 0 spiro atoms. The van der Waals surface area contributed by atoms with Gasteiger partial charge in [0.2, 0.25) is 6.41 Å². The third-order valence-corrected chi connectivity index (χ3v) is 15.3. The molecule has 1 heterocycles. The molecule has 7 rings (SSSR count). The number of amides is 2. The summed E-state index contributed by atoms with van der Waals surface area (Å²) in [5, 5.41) is 23.0. The molecule has 5 aliphatic carbocycles. The molecule has 0 aliphatic heterocycles. The normalized spacial score (nSPS) is 33.7. The van der Waals surface area contributed by atoms with Gasteiger partial charge in [-0.3, -0.25) is 14.6 Å². The molecule has 5 N–H and O–H groups in total. The number of benzene rings is 1. The van der Waals surface area contributed by atoms with Crippen molar-refractivity contribution < 1.29 is 24.6 Å². The monoisotopic (exact) mass is 758 g/mol. The number of nitrogens with one attached hydrogen (secondary N) is 1. The van der Waals surface area contributed by atoms with E-state index < -0.39 is 5.97 Å². The van der Waals surface area contributed by atoms with Crippen molar-refractivity contribution in [1.29, 1.82) is 0 Å². The van der Waals surface area contributed by atoms with E-state index in [9.17, 15) is 14.7 Å². The molecule has 5 saturated carbocycles. The van der Waals surface area contributed by atoms with Gasteiger partial charge in [-0.05, 0) is 165 Å².